The van der Waals surface area contributed by atoms with Crippen LogP contribution in [0.25, 0.3) is 0 Å². The highest BCUT2D eigenvalue weighted by Crippen LogP contribution is 2.24. The minimum atomic E-state index is -0.0963. The van der Waals surface area contributed by atoms with Crippen LogP contribution < -0.4 is 0 Å². The molecule has 0 spiro atoms. The van der Waals surface area contributed by atoms with E-state index in [1.165, 1.54) is 18.2 Å². The number of methoxy groups -OCH3 is 1. The standard InChI is InChI=1S/C18H27NO2/c1-18(2,3)15-10-8-14(9-11-15)13-19-12-6-5-7-16(19)17(20)21-4/h8-11,16H,5-7,12-13H2,1-4H3/t16-/m1/s1. The van der Waals surface area contributed by atoms with Crippen LogP contribution in [-0.2, 0) is 21.5 Å². The van der Waals surface area contributed by atoms with E-state index in [0.29, 0.717) is 0 Å². The molecule has 0 aromatic heterocycles. The van der Waals surface area contributed by atoms with Crippen molar-refractivity contribution in [2.75, 3.05) is 13.7 Å². The van der Waals surface area contributed by atoms with Crippen molar-refractivity contribution in [3.63, 3.8) is 0 Å². The van der Waals surface area contributed by atoms with Crippen LogP contribution in [0.4, 0.5) is 0 Å². The molecule has 0 aliphatic carbocycles. The van der Waals surface area contributed by atoms with Gasteiger partial charge in [0.05, 0.1) is 7.11 Å². The Morgan fingerprint density at radius 2 is 1.90 bits per heavy atom. The Labute approximate surface area is 128 Å². The molecule has 0 radical (unpaired) electrons. The van der Waals surface area contributed by atoms with Crippen molar-refractivity contribution in [1.82, 2.24) is 4.90 Å². The summed E-state index contributed by atoms with van der Waals surface area (Å²) in [6.45, 7) is 8.46. The van der Waals surface area contributed by atoms with Crippen molar-refractivity contribution in [3.05, 3.63) is 35.4 Å². The van der Waals surface area contributed by atoms with Crippen LogP contribution in [0.1, 0.15) is 51.2 Å². The van der Waals surface area contributed by atoms with Gasteiger partial charge >= 0.3 is 5.97 Å². The lowest BCUT2D eigenvalue weighted by Crippen LogP contribution is -2.44. The third-order valence-corrected chi connectivity index (χ3v) is 4.29. The second kappa shape index (κ2) is 6.61. The smallest absolute Gasteiger partial charge is 0.323 e. The first-order valence-corrected chi connectivity index (χ1v) is 7.83. The monoisotopic (exact) mass is 289 g/mol. The maximum atomic E-state index is 11.9. The Morgan fingerprint density at radius 1 is 1.24 bits per heavy atom. The summed E-state index contributed by atoms with van der Waals surface area (Å²) >= 11 is 0. The Kier molecular flexibility index (Phi) is 5.04. The molecule has 21 heavy (non-hydrogen) atoms. The summed E-state index contributed by atoms with van der Waals surface area (Å²) < 4.78 is 4.94. The zero-order valence-corrected chi connectivity index (χ0v) is 13.7. The molecule has 0 unspecified atom stereocenters. The number of benzene rings is 1. The first-order chi connectivity index (χ1) is 9.91. The van der Waals surface area contributed by atoms with Gasteiger partial charge in [0.1, 0.15) is 6.04 Å². The van der Waals surface area contributed by atoms with E-state index >= 15 is 0 Å². The van der Waals surface area contributed by atoms with E-state index < -0.39 is 0 Å². The summed E-state index contributed by atoms with van der Waals surface area (Å²) in [4.78, 5) is 14.1. The van der Waals surface area contributed by atoms with Gasteiger partial charge in [0.25, 0.3) is 0 Å². The van der Waals surface area contributed by atoms with E-state index in [1.807, 2.05) is 0 Å². The van der Waals surface area contributed by atoms with Crippen LogP contribution in [0.2, 0.25) is 0 Å². The first-order valence-electron chi connectivity index (χ1n) is 7.83. The highest BCUT2D eigenvalue weighted by Gasteiger charge is 2.29. The van der Waals surface area contributed by atoms with Crippen LogP contribution in [0, 0.1) is 0 Å². The Bertz CT molecular complexity index is 473. The van der Waals surface area contributed by atoms with Crippen LogP contribution in [0.3, 0.4) is 0 Å². The largest absolute Gasteiger partial charge is 0.468 e. The average Bonchev–Trinajstić information content (AvgIpc) is 2.46. The van der Waals surface area contributed by atoms with E-state index in [4.69, 9.17) is 4.74 Å². The van der Waals surface area contributed by atoms with Gasteiger partial charge in [-0.3, -0.25) is 9.69 Å². The van der Waals surface area contributed by atoms with Gasteiger partial charge in [-0.2, -0.15) is 0 Å². The molecular weight excluding hydrogens is 262 g/mol. The van der Waals surface area contributed by atoms with Crippen LogP contribution in [0.5, 0.6) is 0 Å². The molecule has 1 atom stereocenters. The van der Waals surface area contributed by atoms with Gasteiger partial charge in [-0.1, -0.05) is 51.5 Å². The number of hydrogen-bond donors (Lipinski definition) is 0. The maximum Gasteiger partial charge on any atom is 0.323 e. The van der Waals surface area contributed by atoms with E-state index in [1.54, 1.807) is 0 Å². The predicted molar refractivity (Wildman–Crippen MR) is 85.2 cm³/mol. The van der Waals surface area contributed by atoms with Gasteiger partial charge in [0.15, 0.2) is 0 Å². The topological polar surface area (TPSA) is 29.5 Å². The minimum Gasteiger partial charge on any atom is -0.468 e. The minimum absolute atomic E-state index is 0.0777. The molecule has 0 saturated carbocycles. The number of carbonyl (C=O) groups is 1. The zero-order chi connectivity index (χ0) is 15.5. The summed E-state index contributed by atoms with van der Waals surface area (Å²) in [7, 11) is 1.48. The van der Waals surface area contributed by atoms with E-state index in [0.717, 1.165) is 32.4 Å². The summed E-state index contributed by atoms with van der Waals surface area (Å²) in [5, 5.41) is 0. The number of rotatable bonds is 3. The molecule has 116 valence electrons. The molecule has 0 N–H and O–H groups in total. The number of nitrogens with zero attached hydrogens (tertiary/aromatic N) is 1. The van der Waals surface area contributed by atoms with E-state index in [-0.39, 0.29) is 17.4 Å². The number of esters is 1. The lowest BCUT2D eigenvalue weighted by atomic mass is 9.86. The molecule has 1 aromatic carbocycles. The van der Waals surface area contributed by atoms with Crippen molar-refractivity contribution < 1.29 is 9.53 Å². The number of ether oxygens (including phenoxy) is 1. The summed E-state index contributed by atoms with van der Waals surface area (Å²) in [6.07, 6.45) is 3.18. The van der Waals surface area contributed by atoms with Crippen molar-refractivity contribution in [3.8, 4) is 0 Å². The van der Waals surface area contributed by atoms with Crippen molar-refractivity contribution in [1.29, 1.82) is 0 Å². The molecule has 0 bridgehead atoms. The van der Waals surface area contributed by atoms with Crippen LogP contribution in [-0.4, -0.2) is 30.6 Å². The SMILES string of the molecule is COC(=O)[C@H]1CCCCN1Cc1ccc(C(C)(C)C)cc1. The van der Waals surface area contributed by atoms with Gasteiger partial charge in [0.2, 0.25) is 0 Å². The fourth-order valence-corrected chi connectivity index (χ4v) is 2.93. The summed E-state index contributed by atoms with van der Waals surface area (Å²) in [5.74, 6) is -0.0963. The van der Waals surface area contributed by atoms with Gasteiger partial charge < -0.3 is 4.74 Å². The molecular formula is C18H27NO2. The summed E-state index contributed by atoms with van der Waals surface area (Å²) in [5.41, 5.74) is 2.78. The third kappa shape index (κ3) is 4.07. The predicted octanol–water partition coefficient (Wildman–Crippen LogP) is 3.51. The van der Waals surface area contributed by atoms with Crippen molar-refractivity contribution >= 4 is 5.97 Å². The Hall–Kier alpha value is -1.35. The van der Waals surface area contributed by atoms with Crippen LogP contribution >= 0.6 is 0 Å². The average molecular weight is 289 g/mol. The number of carbonyl (C=O) groups excluding carboxylic acids is 1. The molecule has 1 heterocycles. The van der Waals surface area contributed by atoms with Gasteiger partial charge in [-0.05, 0) is 35.9 Å². The van der Waals surface area contributed by atoms with E-state index in [2.05, 4.69) is 49.9 Å². The molecule has 1 aromatic rings. The first kappa shape index (κ1) is 16.0. The molecule has 1 saturated heterocycles. The van der Waals surface area contributed by atoms with E-state index in [9.17, 15) is 4.79 Å². The molecule has 3 heteroatoms. The second-order valence-electron chi connectivity index (χ2n) is 6.95. The highest BCUT2D eigenvalue weighted by atomic mass is 16.5. The number of piperidine rings is 1. The lowest BCUT2D eigenvalue weighted by Gasteiger charge is -2.33. The molecule has 3 nitrogen and oxygen atoms in total. The van der Waals surface area contributed by atoms with Gasteiger partial charge in [-0.15, -0.1) is 0 Å². The van der Waals surface area contributed by atoms with Gasteiger partial charge in [-0.25, -0.2) is 0 Å². The molecule has 2 rings (SSSR count). The fraction of sp³-hybridized carbons (Fsp3) is 0.611. The van der Waals surface area contributed by atoms with Crippen LogP contribution in [0.15, 0.2) is 24.3 Å². The highest BCUT2D eigenvalue weighted by molar-refractivity contribution is 5.75. The molecule has 1 fully saturated rings. The molecule has 1 aliphatic heterocycles. The zero-order valence-electron chi connectivity index (χ0n) is 13.7. The maximum absolute atomic E-state index is 11.9. The van der Waals surface area contributed by atoms with Crippen molar-refractivity contribution in [2.45, 2.75) is 58.0 Å². The summed E-state index contributed by atoms with van der Waals surface area (Å²) in [6, 6.07) is 8.69. The third-order valence-electron chi connectivity index (χ3n) is 4.29. The van der Waals surface area contributed by atoms with Gasteiger partial charge in [0, 0.05) is 6.54 Å². The quantitative estimate of drug-likeness (QED) is 0.798. The Morgan fingerprint density at radius 3 is 2.48 bits per heavy atom. The fourth-order valence-electron chi connectivity index (χ4n) is 2.93. The van der Waals surface area contributed by atoms with Crippen molar-refractivity contribution in [2.24, 2.45) is 0 Å². The normalized spacial score (nSPS) is 20.3. The lowest BCUT2D eigenvalue weighted by molar-refractivity contribution is -0.148. The number of hydrogen-bond acceptors (Lipinski definition) is 3. The Balaban J connectivity index is 2.07. The number of likely N-dealkylation sites (tertiary alicyclic amines) is 1. The molecule has 1 aliphatic rings. The molecule has 0 amide bonds. The second-order valence-corrected chi connectivity index (χ2v) is 6.95.